The number of ketones is 1. The predicted molar refractivity (Wildman–Crippen MR) is 127 cm³/mol. The van der Waals surface area contributed by atoms with Gasteiger partial charge >= 0.3 is 5.97 Å². The summed E-state index contributed by atoms with van der Waals surface area (Å²) in [5.41, 5.74) is 1.50. The maximum atomic E-state index is 14.0. The second-order valence-electron chi connectivity index (χ2n) is 11.7. The number of rotatable bonds is 4. The van der Waals surface area contributed by atoms with Gasteiger partial charge in [-0.1, -0.05) is 33.3 Å². The second-order valence-corrected chi connectivity index (χ2v) is 11.7. The molecule has 7 heteroatoms. The van der Waals surface area contributed by atoms with Gasteiger partial charge in [-0.2, -0.15) is 0 Å². The van der Waals surface area contributed by atoms with Gasteiger partial charge in [0.25, 0.3) is 5.95 Å². The molecule has 2 saturated carbocycles. The number of aliphatic hydroxyl groups excluding tert-OH is 1. The molecular weight excluding hydrogens is 448 g/mol. The van der Waals surface area contributed by atoms with Gasteiger partial charge in [0.1, 0.15) is 11.9 Å². The minimum absolute atomic E-state index is 0.0341. The molecule has 0 aromatic carbocycles. The maximum Gasteiger partial charge on any atom is 0.305 e. The standard InChI is InChI=1S/C28H36O7/c1-26(2)20(13-21(29)32-5)28(4)18-7-9-27(3)19(16(18)11-17(23(26)30)24(28)31)12-22(33-6)35-25(27)15-8-10-34-14-15/h8,10,12,14,17-18,20,23,25,30H,7,9,11,13H2,1-6H3/t17-,18?,20-,23-,25-,27+,28+/m0/s1. The Labute approximate surface area is 206 Å². The van der Waals surface area contributed by atoms with Crippen molar-refractivity contribution >= 4 is 11.8 Å². The molecule has 2 heterocycles. The molecule has 1 aromatic rings. The fourth-order valence-corrected chi connectivity index (χ4v) is 7.91. The van der Waals surface area contributed by atoms with Gasteiger partial charge in [0, 0.05) is 34.8 Å². The number of hydrogen-bond acceptors (Lipinski definition) is 7. The molecule has 35 heavy (non-hydrogen) atoms. The van der Waals surface area contributed by atoms with E-state index in [0.29, 0.717) is 12.4 Å². The molecule has 1 unspecified atom stereocenters. The highest BCUT2D eigenvalue weighted by atomic mass is 16.7. The van der Waals surface area contributed by atoms with Gasteiger partial charge in [-0.3, -0.25) is 9.59 Å². The van der Waals surface area contributed by atoms with Crippen molar-refractivity contribution in [1.82, 2.24) is 0 Å². The number of allylic oxidation sites excluding steroid dienone is 2. The lowest BCUT2D eigenvalue weighted by molar-refractivity contribution is -0.185. The molecule has 0 radical (unpaired) electrons. The van der Waals surface area contributed by atoms with Gasteiger partial charge < -0.3 is 23.7 Å². The van der Waals surface area contributed by atoms with Gasteiger partial charge in [0.15, 0.2) is 0 Å². The van der Waals surface area contributed by atoms with Crippen LogP contribution in [0.4, 0.5) is 0 Å². The summed E-state index contributed by atoms with van der Waals surface area (Å²) in [6, 6.07) is 1.92. The van der Waals surface area contributed by atoms with Gasteiger partial charge in [-0.05, 0) is 48.2 Å². The van der Waals surface area contributed by atoms with E-state index in [0.717, 1.165) is 24.0 Å². The van der Waals surface area contributed by atoms with Crippen LogP contribution in [0.25, 0.3) is 0 Å². The number of fused-ring (bicyclic) bond motifs is 5. The van der Waals surface area contributed by atoms with Crippen molar-refractivity contribution in [3.05, 3.63) is 47.3 Å². The lowest BCUT2D eigenvalue weighted by Gasteiger charge is -2.63. The Bertz CT molecular complexity index is 1100. The fraction of sp³-hybridized carbons (Fsp3) is 0.643. The van der Waals surface area contributed by atoms with E-state index < -0.39 is 22.9 Å². The smallest absolute Gasteiger partial charge is 0.305 e. The third kappa shape index (κ3) is 3.19. The van der Waals surface area contributed by atoms with Crippen LogP contribution in [0, 0.1) is 34.0 Å². The summed E-state index contributed by atoms with van der Waals surface area (Å²) in [5.74, 6) is -0.743. The van der Waals surface area contributed by atoms with E-state index in [-0.39, 0.29) is 41.5 Å². The van der Waals surface area contributed by atoms with Crippen LogP contribution < -0.4 is 0 Å². The molecule has 0 amide bonds. The van der Waals surface area contributed by atoms with Crippen LogP contribution in [0.3, 0.4) is 0 Å². The molecular formula is C28H36O7. The van der Waals surface area contributed by atoms with Crippen molar-refractivity contribution in [1.29, 1.82) is 0 Å². The van der Waals surface area contributed by atoms with Crippen LogP contribution in [0.15, 0.2) is 46.2 Å². The highest BCUT2D eigenvalue weighted by molar-refractivity contribution is 5.92. The Morgan fingerprint density at radius 3 is 2.60 bits per heavy atom. The van der Waals surface area contributed by atoms with Crippen LogP contribution in [-0.4, -0.2) is 37.2 Å². The SMILES string of the molecule is COC(=O)C[C@H]1C(C)(C)[C@@H](O)[C@@H]2CC3=C4C=C(OC)O[C@@H](c5ccoc5)[C@]4(C)CCC3[C@@]1(C)C2=O. The number of esters is 1. The molecule has 1 aliphatic heterocycles. The topological polar surface area (TPSA) is 95.2 Å². The summed E-state index contributed by atoms with van der Waals surface area (Å²) < 4.78 is 22.3. The van der Waals surface area contributed by atoms with Gasteiger partial charge in [0.05, 0.1) is 32.8 Å². The van der Waals surface area contributed by atoms with E-state index >= 15 is 0 Å². The minimum atomic E-state index is -0.852. The average Bonchev–Trinajstić information content (AvgIpc) is 3.36. The summed E-state index contributed by atoms with van der Waals surface area (Å²) in [7, 11) is 2.96. The van der Waals surface area contributed by atoms with Crippen molar-refractivity contribution in [3.8, 4) is 0 Å². The lowest BCUT2D eigenvalue weighted by Crippen LogP contribution is -2.66. The van der Waals surface area contributed by atoms with Crippen molar-refractivity contribution in [2.24, 2.45) is 34.0 Å². The van der Waals surface area contributed by atoms with E-state index in [2.05, 4.69) is 6.92 Å². The van der Waals surface area contributed by atoms with E-state index in [1.807, 2.05) is 32.9 Å². The van der Waals surface area contributed by atoms with Gasteiger partial charge in [0.2, 0.25) is 0 Å². The molecule has 0 saturated heterocycles. The number of ether oxygens (including phenoxy) is 3. The lowest BCUT2D eigenvalue weighted by atomic mass is 9.41. The molecule has 2 bridgehead atoms. The molecule has 4 aliphatic rings. The normalized spacial score (nSPS) is 39.7. The van der Waals surface area contributed by atoms with E-state index in [4.69, 9.17) is 18.6 Å². The zero-order valence-electron chi connectivity index (χ0n) is 21.4. The largest absolute Gasteiger partial charge is 0.472 e. The van der Waals surface area contributed by atoms with Gasteiger partial charge in [-0.25, -0.2) is 0 Å². The number of carbonyl (C=O) groups is 2. The first kappa shape index (κ1) is 24.2. The highest BCUT2D eigenvalue weighted by Gasteiger charge is 2.67. The Hall–Kier alpha value is -2.54. The Balaban J connectivity index is 1.70. The van der Waals surface area contributed by atoms with Crippen LogP contribution >= 0.6 is 0 Å². The van der Waals surface area contributed by atoms with E-state index in [9.17, 15) is 14.7 Å². The number of carbonyl (C=O) groups excluding carboxylic acids is 2. The number of methoxy groups -OCH3 is 2. The van der Waals surface area contributed by atoms with Crippen LogP contribution in [0.1, 0.15) is 65.0 Å². The first-order valence-corrected chi connectivity index (χ1v) is 12.5. The highest BCUT2D eigenvalue weighted by Crippen LogP contribution is 2.67. The van der Waals surface area contributed by atoms with Crippen molar-refractivity contribution in [2.45, 2.75) is 65.6 Å². The Kier molecular flexibility index (Phi) is 5.51. The van der Waals surface area contributed by atoms with Crippen LogP contribution in [0.2, 0.25) is 0 Å². The number of aliphatic hydroxyl groups is 1. The zero-order valence-corrected chi connectivity index (χ0v) is 21.4. The minimum Gasteiger partial charge on any atom is -0.472 e. The first-order valence-electron chi connectivity index (χ1n) is 12.5. The van der Waals surface area contributed by atoms with E-state index in [1.54, 1.807) is 19.6 Å². The van der Waals surface area contributed by atoms with Crippen molar-refractivity contribution < 1.29 is 33.3 Å². The van der Waals surface area contributed by atoms with Gasteiger partial charge in [-0.15, -0.1) is 0 Å². The quantitative estimate of drug-likeness (QED) is 0.618. The third-order valence-corrected chi connectivity index (χ3v) is 9.85. The monoisotopic (exact) mass is 484 g/mol. The summed E-state index contributed by atoms with van der Waals surface area (Å²) in [4.78, 5) is 26.5. The van der Waals surface area contributed by atoms with Crippen molar-refractivity contribution in [2.75, 3.05) is 14.2 Å². The molecule has 0 spiro atoms. The number of furan rings is 1. The Morgan fingerprint density at radius 1 is 1.23 bits per heavy atom. The summed E-state index contributed by atoms with van der Waals surface area (Å²) in [5, 5.41) is 11.5. The number of Topliss-reactive ketones (excluding diaryl/α,β-unsaturated/α-hetero) is 1. The summed E-state index contributed by atoms with van der Waals surface area (Å²) >= 11 is 0. The first-order chi connectivity index (χ1) is 16.5. The molecule has 190 valence electrons. The molecule has 1 aromatic heterocycles. The molecule has 2 fully saturated rings. The Morgan fingerprint density at radius 2 is 1.97 bits per heavy atom. The maximum absolute atomic E-state index is 14.0. The van der Waals surface area contributed by atoms with Crippen LogP contribution in [-0.2, 0) is 23.8 Å². The summed E-state index contributed by atoms with van der Waals surface area (Å²) in [6.07, 6.45) is 6.39. The predicted octanol–water partition coefficient (Wildman–Crippen LogP) is 4.73. The van der Waals surface area contributed by atoms with Crippen LogP contribution in [0.5, 0.6) is 0 Å². The van der Waals surface area contributed by atoms with Crippen molar-refractivity contribution in [3.63, 3.8) is 0 Å². The molecule has 1 N–H and O–H groups in total. The molecule has 5 rings (SSSR count). The number of hydrogen-bond donors (Lipinski definition) is 1. The third-order valence-electron chi connectivity index (χ3n) is 9.85. The molecule has 3 aliphatic carbocycles. The molecule has 7 nitrogen and oxygen atoms in total. The zero-order chi connectivity index (χ0) is 25.3. The second kappa shape index (κ2) is 7.99. The average molecular weight is 485 g/mol. The summed E-state index contributed by atoms with van der Waals surface area (Å²) in [6.45, 7) is 8.19. The molecule has 7 atom stereocenters. The fourth-order valence-electron chi connectivity index (χ4n) is 7.91. The van der Waals surface area contributed by atoms with E-state index in [1.165, 1.54) is 12.7 Å².